The number of fused-ring (bicyclic) bond motifs is 1. The van der Waals surface area contributed by atoms with Crippen LogP contribution in [0.15, 0.2) is 24.3 Å². The normalized spacial score (nSPS) is 10.4. The average molecular weight is 210 g/mol. The van der Waals surface area contributed by atoms with Gasteiger partial charge in [0.2, 0.25) is 0 Å². The standard InChI is InChI=1S/C15H14O/c1-4-12-14-8-6-5-7-13(14)10(2)11(3)15(12)9-16/h1,5-8,16H,9H2,2-3H3. The van der Waals surface area contributed by atoms with Gasteiger partial charge in [-0.2, -0.15) is 0 Å². The number of hydrogen-bond acceptors (Lipinski definition) is 1. The van der Waals surface area contributed by atoms with E-state index in [0.29, 0.717) is 0 Å². The van der Waals surface area contributed by atoms with Crippen molar-refractivity contribution < 1.29 is 5.11 Å². The molecule has 0 aliphatic rings. The Balaban J connectivity index is 3.02. The highest BCUT2D eigenvalue weighted by molar-refractivity contribution is 5.93. The molecule has 2 rings (SSSR count). The summed E-state index contributed by atoms with van der Waals surface area (Å²) in [6, 6.07) is 8.06. The second-order valence-electron chi connectivity index (χ2n) is 3.95. The third-order valence-electron chi connectivity index (χ3n) is 3.22. The lowest BCUT2D eigenvalue weighted by atomic mass is 9.91. The van der Waals surface area contributed by atoms with Crippen LogP contribution in [0.4, 0.5) is 0 Å². The van der Waals surface area contributed by atoms with E-state index < -0.39 is 0 Å². The number of aryl methyl sites for hydroxylation is 1. The van der Waals surface area contributed by atoms with Crippen molar-refractivity contribution in [2.45, 2.75) is 20.5 Å². The molecule has 0 fully saturated rings. The van der Waals surface area contributed by atoms with Crippen molar-refractivity contribution in [2.75, 3.05) is 0 Å². The number of terminal acetylenes is 1. The minimum atomic E-state index is -0.00294. The lowest BCUT2D eigenvalue weighted by molar-refractivity contribution is 0.281. The van der Waals surface area contributed by atoms with E-state index in [4.69, 9.17) is 6.42 Å². The van der Waals surface area contributed by atoms with Crippen LogP contribution in [0.1, 0.15) is 22.3 Å². The number of aliphatic hydroxyl groups is 1. The minimum Gasteiger partial charge on any atom is -0.392 e. The first-order valence-electron chi connectivity index (χ1n) is 5.29. The zero-order valence-electron chi connectivity index (χ0n) is 9.54. The molecule has 0 heterocycles. The van der Waals surface area contributed by atoms with Crippen LogP contribution in [0, 0.1) is 26.2 Å². The lowest BCUT2D eigenvalue weighted by Crippen LogP contribution is -1.99. The van der Waals surface area contributed by atoms with E-state index in [-0.39, 0.29) is 6.61 Å². The van der Waals surface area contributed by atoms with Gasteiger partial charge in [-0.05, 0) is 41.3 Å². The van der Waals surface area contributed by atoms with E-state index in [1.165, 1.54) is 10.9 Å². The van der Waals surface area contributed by atoms with E-state index in [1.807, 2.05) is 25.1 Å². The van der Waals surface area contributed by atoms with Gasteiger partial charge in [0.15, 0.2) is 0 Å². The summed E-state index contributed by atoms with van der Waals surface area (Å²) in [7, 11) is 0. The first kappa shape index (κ1) is 10.7. The van der Waals surface area contributed by atoms with Gasteiger partial charge < -0.3 is 5.11 Å². The molecule has 0 bridgehead atoms. The molecule has 2 aromatic carbocycles. The van der Waals surface area contributed by atoms with Gasteiger partial charge in [-0.15, -0.1) is 6.42 Å². The monoisotopic (exact) mass is 210 g/mol. The highest BCUT2D eigenvalue weighted by atomic mass is 16.3. The Bertz CT molecular complexity index is 588. The van der Waals surface area contributed by atoms with Crippen LogP contribution in [-0.2, 0) is 6.61 Å². The van der Waals surface area contributed by atoms with Crippen LogP contribution < -0.4 is 0 Å². The first-order chi connectivity index (χ1) is 7.70. The van der Waals surface area contributed by atoms with Gasteiger partial charge in [0, 0.05) is 5.56 Å². The molecule has 1 N–H and O–H groups in total. The third kappa shape index (κ3) is 1.39. The SMILES string of the molecule is C#Cc1c(CO)c(C)c(C)c2ccccc12. The first-order valence-corrected chi connectivity index (χ1v) is 5.29. The molecule has 0 saturated carbocycles. The molecule has 0 aliphatic carbocycles. The molecular formula is C15H14O. The average Bonchev–Trinajstić information content (AvgIpc) is 2.33. The molecule has 0 radical (unpaired) electrons. The Kier molecular flexibility index (Phi) is 2.68. The van der Waals surface area contributed by atoms with E-state index in [9.17, 15) is 5.11 Å². The molecule has 0 amide bonds. The second kappa shape index (κ2) is 4.00. The predicted molar refractivity (Wildman–Crippen MR) is 67.3 cm³/mol. The molecule has 80 valence electrons. The molecule has 0 atom stereocenters. The Morgan fingerprint density at radius 3 is 2.31 bits per heavy atom. The topological polar surface area (TPSA) is 20.2 Å². The van der Waals surface area contributed by atoms with Gasteiger partial charge in [-0.1, -0.05) is 30.2 Å². The van der Waals surface area contributed by atoms with E-state index in [1.54, 1.807) is 0 Å². The Hall–Kier alpha value is -1.78. The van der Waals surface area contributed by atoms with Crippen LogP contribution in [-0.4, -0.2) is 5.11 Å². The smallest absolute Gasteiger partial charge is 0.0696 e. The molecular weight excluding hydrogens is 196 g/mol. The maximum absolute atomic E-state index is 9.42. The summed E-state index contributed by atoms with van der Waals surface area (Å²) in [5.74, 6) is 2.70. The maximum atomic E-state index is 9.42. The fourth-order valence-electron chi connectivity index (χ4n) is 2.17. The summed E-state index contributed by atoms with van der Waals surface area (Å²) in [5.41, 5.74) is 3.98. The molecule has 0 aliphatic heterocycles. The summed E-state index contributed by atoms with van der Waals surface area (Å²) in [5, 5.41) is 11.6. The van der Waals surface area contributed by atoms with Crippen molar-refractivity contribution in [2.24, 2.45) is 0 Å². The van der Waals surface area contributed by atoms with Crippen molar-refractivity contribution in [3.05, 3.63) is 46.5 Å². The van der Waals surface area contributed by atoms with Crippen LogP contribution in [0.2, 0.25) is 0 Å². The van der Waals surface area contributed by atoms with E-state index in [2.05, 4.69) is 18.9 Å². The van der Waals surface area contributed by atoms with Gasteiger partial charge in [-0.3, -0.25) is 0 Å². The number of benzene rings is 2. The number of aliphatic hydroxyl groups excluding tert-OH is 1. The highest BCUT2D eigenvalue weighted by Gasteiger charge is 2.11. The van der Waals surface area contributed by atoms with E-state index >= 15 is 0 Å². The summed E-state index contributed by atoms with van der Waals surface area (Å²) >= 11 is 0. The zero-order chi connectivity index (χ0) is 11.7. The van der Waals surface area contributed by atoms with Crippen LogP contribution in [0.25, 0.3) is 10.8 Å². The summed E-state index contributed by atoms with van der Waals surface area (Å²) < 4.78 is 0. The molecule has 16 heavy (non-hydrogen) atoms. The van der Waals surface area contributed by atoms with Gasteiger partial charge in [0.1, 0.15) is 0 Å². The Morgan fingerprint density at radius 1 is 1.12 bits per heavy atom. The van der Waals surface area contributed by atoms with Crippen molar-refractivity contribution in [1.29, 1.82) is 0 Å². The molecule has 1 heteroatoms. The highest BCUT2D eigenvalue weighted by Crippen LogP contribution is 2.29. The summed E-state index contributed by atoms with van der Waals surface area (Å²) in [6.45, 7) is 4.07. The molecule has 0 aromatic heterocycles. The van der Waals surface area contributed by atoms with Crippen molar-refractivity contribution in [3.63, 3.8) is 0 Å². The molecule has 0 unspecified atom stereocenters. The minimum absolute atomic E-state index is 0.00294. The van der Waals surface area contributed by atoms with Crippen LogP contribution in [0.3, 0.4) is 0 Å². The van der Waals surface area contributed by atoms with Crippen molar-refractivity contribution in [1.82, 2.24) is 0 Å². The summed E-state index contributed by atoms with van der Waals surface area (Å²) in [6.07, 6.45) is 5.55. The zero-order valence-corrected chi connectivity index (χ0v) is 9.54. The predicted octanol–water partition coefficient (Wildman–Crippen LogP) is 2.93. The number of rotatable bonds is 1. The van der Waals surface area contributed by atoms with Crippen LogP contribution >= 0.6 is 0 Å². The quantitative estimate of drug-likeness (QED) is 0.717. The second-order valence-corrected chi connectivity index (χ2v) is 3.95. The maximum Gasteiger partial charge on any atom is 0.0696 e. The van der Waals surface area contributed by atoms with Crippen LogP contribution in [0.5, 0.6) is 0 Å². The van der Waals surface area contributed by atoms with Gasteiger partial charge in [-0.25, -0.2) is 0 Å². The van der Waals surface area contributed by atoms with Gasteiger partial charge in [0.05, 0.1) is 6.61 Å². The molecule has 2 aromatic rings. The third-order valence-corrected chi connectivity index (χ3v) is 3.22. The van der Waals surface area contributed by atoms with Gasteiger partial charge in [0.25, 0.3) is 0 Å². The Labute approximate surface area is 95.7 Å². The summed E-state index contributed by atoms with van der Waals surface area (Å²) in [4.78, 5) is 0. The molecule has 0 spiro atoms. The molecule has 0 saturated heterocycles. The molecule has 1 nitrogen and oxygen atoms in total. The van der Waals surface area contributed by atoms with Crippen molar-refractivity contribution in [3.8, 4) is 12.3 Å². The fourth-order valence-corrected chi connectivity index (χ4v) is 2.17. The van der Waals surface area contributed by atoms with Crippen molar-refractivity contribution >= 4 is 10.8 Å². The Morgan fingerprint density at radius 2 is 1.75 bits per heavy atom. The largest absolute Gasteiger partial charge is 0.392 e. The fraction of sp³-hybridized carbons (Fsp3) is 0.200. The number of hydrogen-bond donors (Lipinski definition) is 1. The van der Waals surface area contributed by atoms with Gasteiger partial charge >= 0.3 is 0 Å². The lowest BCUT2D eigenvalue weighted by Gasteiger charge is -2.14. The van der Waals surface area contributed by atoms with E-state index in [0.717, 1.165) is 22.1 Å².